The van der Waals surface area contributed by atoms with Crippen LogP contribution >= 0.6 is 0 Å². The summed E-state index contributed by atoms with van der Waals surface area (Å²) in [6, 6.07) is 2.53. The molecule has 0 amide bonds. The normalized spacial score (nSPS) is 10.6. The van der Waals surface area contributed by atoms with Gasteiger partial charge in [0.25, 0.3) is 5.56 Å². The predicted molar refractivity (Wildman–Crippen MR) is 67.1 cm³/mol. The summed E-state index contributed by atoms with van der Waals surface area (Å²) in [5.74, 6) is -0.435. The first-order valence-corrected chi connectivity index (χ1v) is 5.92. The number of aromatic carboxylic acids is 1. The number of rotatable bonds is 5. The summed E-state index contributed by atoms with van der Waals surface area (Å²) < 4.78 is 3.03. The van der Waals surface area contributed by atoms with Crippen LogP contribution in [0, 0.1) is 0 Å². The lowest BCUT2D eigenvalue weighted by Gasteiger charge is -2.07. The first kappa shape index (κ1) is 13.0. The molecule has 2 rings (SSSR count). The number of carboxylic acids is 1. The number of carboxylic acid groups (broad SMARTS) is 1. The molecule has 2 aromatic heterocycles. The Morgan fingerprint density at radius 1 is 1.42 bits per heavy atom. The zero-order valence-corrected chi connectivity index (χ0v) is 10.5. The Bertz CT molecular complexity index is 644. The Labute approximate surface area is 109 Å². The molecule has 0 saturated carbocycles. The zero-order valence-electron chi connectivity index (χ0n) is 10.5. The fourth-order valence-electron chi connectivity index (χ4n) is 1.74. The number of nitrogens with zero attached hydrogens (tertiary/aromatic N) is 4. The highest BCUT2D eigenvalue weighted by atomic mass is 16.4. The quantitative estimate of drug-likeness (QED) is 0.852. The smallest absolute Gasteiger partial charge is 0.337 e. The molecule has 0 atom stereocenters. The summed E-state index contributed by atoms with van der Waals surface area (Å²) in [6.45, 7) is 2.94. The van der Waals surface area contributed by atoms with Crippen molar-refractivity contribution in [3.8, 4) is 0 Å². The molecule has 100 valence electrons. The van der Waals surface area contributed by atoms with Crippen LogP contribution in [0.1, 0.15) is 29.5 Å². The van der Waals surface area contributed by atoms with Crippen molar-refractivity contribution in [3.05, 3.63) is 46.4 Å². The molecule has 7 nitrogen and oxygen atoms in total. The van der Waals surface area contributed by atoms with Crippen molar-refractivity contribution >= 4 is 5.97 Å². The molecule has 0 radical (unpaired) electrons. The average molecular weight is 262 g/mol. The molecule has 0 aliphatic carbocycles. The summed E-state index contributed by atoms with van der Waals surface area (Å²) in [5.41, 5.74) is -0.197. The van der Waals surface area contributed by atoms with E-state index in [2.05, 4.69) is 10.1 Å². The van der Waals surface area contributed by atoms with Gasteiger partial charge in [-0.3, -0.25) is 4.79 Å². The van der Waals surface area contributed by atoms with Gasteiger partial charge in [-0.1, -0.05) is 6.92 Å². The second kappa shape index (κ2) is 5.47. The van der Waals surface area contributed by atoms with Crippen molar-refractivity contribution in [2.45, 2.75) is 26.4 Å². The first-order valence-electron chi connectivity index (χ1n) is 5.92. The lowest BCUT2D eigenvalue weighted by molar-refractivity contribution is 0.0696. The van der Waals surface area contributed by atoms with Gasteiger partial charge in [0.2, 0.25) is 0 Å². The fourth-order valence-corrected chi connectivity index (χ4v) is 1.74. The van der Waals surface area contributed by atoms with E-state index in [0.717, 1.165) is 6.42 Å². The average Bonchev–Trinajstić information content (AvgIpc) is 2.80. The van der Waals surface area contributed by atoms with Crippen molar-refractivity contribution in [2.75, 3.05) is 0 Å². The lowest BCUT2D eigenvalue weighted by atomic mass is 10.3. The minimum Gasteiger partial charge on any atom is -0.478 e. The summed E-state index contributed by atoms with van der Waals surface area (Å²) in [4.78, 5) is 26.7. The minimum absolute atomic E-state index is 0.0705. The van der Waals surface area contributed by atoms with Gasteiger partial charge in [-0.15, -0.1) is 0 Å². The highest BCUT2D eigenvalue weighted by Crippen LogP contribution is 2.01. The van der Waals surface area contributed by atoms with Crippen LogP contribution in [0.2, 0.25) is 0 Å². The number of hydrogen-bond acceptors (Lipinski definition) is 4. The molecule has 0 aromatic carbocycles. The molecule has 0 fully saturated rings. The Balaban J connectivity index is 2.32. The van der Waals surface area contributed by atoms with E-state index in [0.29, 0.717) is 12.4 Å². The molecule has 2 aromatic rings. The highest BCUT2D eigenvalue weighted by Gasteiger charge is 2.09. The van der Waals surface area contributed by atoms with Crippen LogP contribution in [0.15, 0.2) is 29.5 Å². The summed E-state index contributed by atoms with van der Waals surface area (Å²) in [5, 5.41) is 13.0. The minimum atomic E-state index is -1.07. The zero-order chi connectivity index (χ0) is 13.8. The van der Waals surface area contributed by atoms with Crippen molar-refractivity contribution in [2.24, 2.45) is 0 Å². The van der Waals surface area contributed by atoms with E-state index in [1.54, 1.807) is 4.68 Å². The molecular weight excluding hydrogens is 248 g/mol. The Hall–Kier alpha value is -2.44. The van der Waals surface area contributed by atoms with Crippen LogP contribution in [0.25, 0.3) is 0 Å². The number of aromatic nitrogens is 4. The maximum atomic E-state index is 11.7. The van der Waals surface area contributed by atoms with Crippen LogP contribution in [0.4, 0.5) is 0 Å². The van der Waals surface area contributed by atoms with Gasteiger partial charge in [-0.2, -0.15) is 5.10 Å². The van der Waals surface area contributed by atoms with Gasteiger partial charge in [-0.25, -0.2) is 14.5 Å². The largest absolute Gasteiger partial charge is 0.478 e. The molecule has 7 heteroatoms. The van der Waals surface area contributed by atoms with E-state index in [4.69, 9.17) is 5.11 Å². The van der Waals surface area contributed by atoms with E-state index < -0.39 is 5.97 Å². The van der Waals surface area contributed by atoms with E-state index >= 15 is 0 Å². The van der Waals surface area contributed by atoms with Gasteiger partial charge in [0.1, 0.15) is 12.2 Å². The number of pyridine rings is 1. The van der Waals surface area contributed by atoms with Crippen molar-refractivity contribution in [1.29, 1.82) is 0 Å². The third-order valence-electron chi connectivity index (χ3n) is 2.67. The van der Waals surface area contributed by atoms with Gasteiger partial charge in [-0.05, 0) is 12.5 Å². The van der Waals surface area contributed by atoms with Crippen molar-refractivity contribution in [1.82, 2.24) is 19.3 Å². The van der Waals surface area contributed by atoms with Crippen LogP contribution < -0.4 is 5.56 Å². The summed E-state index contributed by atoms with van der Waals surface area (Å²) in [6.07, 6.45) is 3.65. The molecule has 0 unspecified atom stereocenters. The number of hydrogen-bond donors (Lipinski definition) is 1. The molecule has 19 heavy (non-hydrogen) atoms. The first-order chi connectivity index (χ1) is 9.11. The maximum absolute atomic E-state index is 11.7. The standard InChI is InChI=1S/C12H14N4O3/c1-2-5-16-10(13-8-14-16)7-15-6-9(12(18)19)3-4-11(15)17/h3-4,6,8H,2,5,7H2,1H3,(H,18,19). The second-order valence-electron chi connectivity index (χ2n) is 4.09. The van der Waals surface area contributed by atoms with E-state index in [1.807, 2.05) is 6.92 Å². The molecule has 0 spiro atoms. The molecule has 0 bridgehead atoms. The predicted octanol–water partition coefficient (Wildman–Crippen LogP) is 0.596. The number of aryl methyl sites for hydroxylation is 1. The molecule has 0 aliphatic rings. The molecular formula is C12H14N4O3. The Kier molecular flexibility index (Phi) is 3.74. The maximum Gasteiger partial charge on any atom is 0.337 e. The molecule has 2 heterocycles. The third kappa shape index (κ3) is 2.87. The van der Waals surface area contributed by atoms with E-state index in [-0.39, 0.29) is 17.7 Å². The van der Waals surface area contributed by atoms with Crippen molar-refractivity contribution < 1.29 is 9.90 Å². The van der Waals surface area contributed by atoms with Gasteiger partial charge in [0.05, 0.1) is 12.1 Å². The summed E-state index contributed by atoms with van der Waals surface area (Å²) in [7, 11) is 0. The monoisotopic (exact) mass is 262 g/mol. The summed E-state index contributed by atoms with van der Waals surface area (Å²) >= 11 is 0. The van der Waals surface area contributed by atoms with Crippen LogP contribution in [0.3, 0.4) is 0 Å². The second-order valence-corrected chi connectivity index (χ2v) is 4.09. The number of carbonyl (C=O) groups is 1. The molecule has 1 N–H and O–H groups in total. The van der Waals surface area contributed by atoms with Crippen LogP contribution in [-0.4, -0.2) is 30.4 Å². The third-order valence-corrected chi connectivity index (χ3v) is 2.67. The van der Waals surface area contributed by atoms with E-state index in [9.17, 15) is 9.59 Å². The Morgan fingerprint density at radius 3 is 2.89 bits per heavy atom. The van der Waals surface area contributed by atoms with Gasteiger partial charge in [0, 0.05) is 18.8 Å². The molecule has 0 saturated heterocycles. The fraction of sp³-hybridized carbons (Fsp3) is 0.333. The van der Waals surface area contributed by atoms with Crippen LogP contribution in [-0.2, 0) is 13.1 Å². The Morgan fingerprint density at radius 2 is 2.21 bits per heavy atom. The highest BCUT2D eigenvalue weighted by molar-refractivity contribution is 5.87. The van der Waals surface area contributed by atoms with Gasteiger partial charge >= 0.3 is 5.97 Å². The topological polar surface area (TPSA) is 90.0 Å². The SMILES string of the molecule is CCCn1ncnc1Cn1cc(C(=O)O)ccc1=O. The van der Waals surface area contributed by atoms with Crippen LogP contribution in [0.5, 0.6) is 0 Å². The lowest BCUT2D eigenvalue weighted by Crippen LogP contribution is -2.22. The van der Waals surface area contributed by atoms with E-state index in [1.165, 1.54) is 29.2 Å². The van der Waals surface area contributed by atoms with Crippen molar-refractivity contribution in [3.63, 3.8) is 0 Å². The van der Waals surface area contributed by atoms with Gasteiger partial charge < -0.3 is 9.67 Å². The van der Waals surface area contributed by atoms with Gasteiger partial charge in [0.15, 0.2) is 0 Å². The molecule has 0 aliphatic heterocycles.